The Morgan fingerprint density at radius 1 is 1.46 bits per heavy atom. The summed E-state index contributed by atoms with van der Waals surface area (Å²) in [5.41, 5.74) is 5.80. The Labute approximate surface area is 146 Å². The highest BCUT2D eigenvalue weighted by Crippen LogP contribution is 2.29. The highest BCUT2D eigenvalue weighted by Gasteiger charge is 2.32. The Morgan fingerprint density at radius 2 is 2.17 bits per heavy atom. The fourth-order valence-electron chi connectivity index (χ4n) is 2.85. The molecule has 2 rings (SSSR count). The third-order valence-corrected chi connectivity index (χ3v) is 4.16. The van der Waals surface area contributed by atoms with Gasteiger partial charge in [0.2, 0.25) is 0 Å². The van der Waals surface area contributed by atoms with Gasteiger partial charge in [0.1, 0.15) is 0 Å². The molecule has 8 nitrogen and oxygen atoms in total. The normalized spacial score (nSPS) is 20.2. The first-order valence-corrected chi connectivity index (χ1v) is 7.38. The first-order valence-electron chi connectivity index (χ1n) is 7.38. The van der Waals surface area contributed by atoms with Crippen molar-refractivity contribution in [3.05, 3.63) is 33.9 Å². The van der Waals surface area contributed by atoms with Gasteiger partial charge in [0.05, 0.1) is 18.1 Å². The van der Waals surface area contributed by atoms with Gasteiger partial charge in [-0.2, -0.15) is 0 Å². The molecule has 134 valence electrons. The van der Waals surface area contributed by atoms with Crippen LogP contribution in [-0.2, 0) is 4.74 Å². The van der Waals surface area contributed by atoms with Crippen LogP contribution in [-0.4, -0.2) is 55.2 Å². The van der Waals surface area contributed by atoms with Crippen molar-refractivity contribution in [1.29, 1.82) is 0 Å². The largest absolute Gasteiger partial charge is 0.490 e. The second-order valence-electron chi connectivity index (χ2n) is 5.41. The summed E-state index contributed by atoms with van der Waals surface area (Å²) in [6.45, 7) is 0.836. The number of nitro groups is 1. The predicted molar refractivity (Wildman–Crippen MR) is 90.8 cm³/mol. The molecule has 1 aromatic rings. The van der Waals surface area contributed by atoms with Crippen molar-refractivity contribution in [2.75, 3.05) is 27.3 Å². The molecule has 1 heterocycles. The van der Waals surface area contributed by atoms with Gasteiger partial charge in [0.15, 0.2) is 5.75 Å². The maximum atomic E-state index is 12.7. The Morgan fingerprint density at radius 3 is 2.71 bits per heavy atom. The quantitative estimate of drug-likeness (QED) is 0.632. The molecule has 1 aromatic carbocycles. The molecule has 0 radical (unpaired) electrons. The predicted octanol–water partition coefficient (Wildman–Crippen LogP) is 1.60. The molecule has 24 heavy (non-hydrogen) atoms. The minimum absolute atomic E-state index is 0. The van der Waals surface area contributed by atoms with Gasteiger partial charge >= 0.3 is 5.69 Å². The molecular formula is C15H22ClN3O5. The number of benzene rings is 1. The van der Waals surface area contributed by atoms with Gasteiger partial charge in [-0.05, 0) is 25.0 Å². The van der Waals surface area contributed by atoms with Crippen molar-refractivity contribution in [2.45, 2.75) is 25.0 Å². The number of hydrogen-bond donors (Lipinski definition) is 1. The molecule has 2 N–H and O–H groups in total. The second kappa shape index (κ2) is 8.81. The summed E-state index contributed by atoms with van der Waals surface area (Å²) in [5.74, 6) is -0.138. The van der Waals surface area contributed by atoms with Crippen LogP contribution in [0.5, 0.6) is 5.75 Å². The number of carbonyl (C=O) groups is 1. The van der Waals surface area contributed by atoms with Crippen molar-refractivity contribution in [2.24, 2.45) is 5.73 Å². The summed E-state index contributed by atoms with van der Waals surface area (Å²) >= 11 is 0. The number of likely N-dealkylation sites (tertiary alicyclic amines) is 1. The van der Waals surface area contributed by atoms with Gasteiger partial charge in [-0.15, -0.1) is 12.4 Å². The lowest BCUT2D eigenvalue weighted by Crippen LogP contribution is -2.51. The van der Waals surface area contributed by atoms with E-state index in [1.807, 2.05) is 0 Å². The minimum atomic E-state index is -0.562. The van der Waals surface area contributed by atoms with Gasteiger partial charge in [-0.3, -0.25) is 14.9 Å². The molecule has 1 saturated heterocycles. The number of amides is 1. The fourth-order valence-corrected chi connectivity index (χ4v) is 2.85. The summed E-state index contributed by atoms with van der Waals surface area (Å²) in [5, 5.41) is 11.1. The number of nitro benzene ring substituents is 1. The summed E-state index contributed by atoms with van der Waals surface area (Å²) in [6.07, 6.45) is 1.46. The molecule has 0 aromatic heterocycles. The molecule has 2 unspecified atom stereocenters. The van der Waals surface area contributed by atoms with E-state index in [1.165, 1.54) is 25.3 Å². The molecule has 0 bridgehead atoms. The first kappa shape index (κ1) is 20.1. The third-order valence-electron chi connectivity index (χ3n) is 4.16. The highest BCUT2D eigenvalue weighted by atomic mass is 35.5. The Balaban J connectivity index is 0.00000288. The average Bonchev–Trinajstić information content (AvgIpc) is 2.59. The number of hydrogen-bond acceptors (Lipinski definition) is 6. The number of halogens is 1. The second-order valence-corrected chi connectivity index (χ2v) is 5.41. The van der Waals surface area contributed by atoms with Crippen LogP contribution < -0.4 is 10.5 Å². The zero-order valence-corrected chi connectivity index (χ0v) is 14.5. The average molecular weight is 360 g/mol. The minimum Gasteiger partial charge on any atom is -0.490 e. The van der Waals surface area contributed by atoms with Crippen molar-refractivity contribution >= 4 is 24.0 Å². The molecule has 0 saturated carbocycles. The lowest BCUT2D eigenvalue weighted by Gasteiger charge is -2.38. The zero-order chi connectivity index (χ0) is 17.0. The number of rotatable bonds is 5. The van der Waals surface area contributed by atoms with Crippen LogP contribution in [0.1, 0.15) is 23.2 Å². The standard InChI is InChI=1S/C15H21N3O5.ClH/c1-22-12-5-6-17(11(8-12)9-16)15(19)10-3-4-14(23-2)13(7-10)18(20)21;/h3-4,7,11-12H,5-6,8-9,16H2,1-2H3;1H. The van der Waals surface area contributed by atoms with Crippen molar-refractivity contribution in [3.63, 3.8) is 0 Å². The smallest absolute Gasteiger partial charge is 0.311 e. The van der Waals surface area contributed by atoms with Crippen molar-refractivity contribution in [1.82, 2.24) is 4.90 Å². The van der Waals surface area contributed by atoms with E-state index in [9.17, 15) is 14.9 Å². The summed E-state index contributed by atoms with van der Waals surface area (Å²) in [6, 6.07) is 4.08. The van der Waals surface area contributed by atoms with Crippen molar-refractivity contribution < 1.29 is 19.2 Å². The van der Waals surface area contributed by atoms with Crippen LogP contribution in [0.25, 0.3) is 0 Å². The summed E-state index contributed by atoms with van der Waals surface area (Å²) in [4.78, 5) is 24.9. The molecule has 1 fully saturated rings. The van der Waals surface area contributed by atoms with E-state index in [1.54, 1.807) is 12.0 Å². The van der Waals surface area contributed by atoms with E-state index in [2.05, 4.69) is 0 Å². The lowest BCUT2D eigenvalue weighted by atomic mass is 9.98. The van der Waals surface area contributed by atoms with Gasteiger partial charge in [-0.25, -0.2) is 0 Å². The molecule has 0 aliphatic carbocycles. The van der Waals surface area contributed by atoms with E-state index in [0.29, 0.717) is 19.5 Å². The van der Waals surface area contributed by atoms with Crippen molar-refractivity contribution in [3.8, 4) is 5.75 Å². The van der Waals surface area contributed by atoms with Gasteiger partial charge < -0.3 is 20.1 Å². The van der Waals surface area contributed by atoms with Crippen LogP contribution in [0.2, 0.25) is 0 Å². The maximum absolute atomic E-state index is 12.7. The Hall–Kier alpha value is -1.90. The SMILES string of the molecule is COc1ccc(C(=O)N2CCC(OC)CC2CN)cc1[N+](=O)[O-].Cl. The molecule has 9 heteroatoms. The molecular weight excluding hydrogens is 338 g/mol. The van der Waals surface area contributed by atoms with E-state index in [0.717, 1.165) is 6.42 Å². The van der Waals surface area contributed by atoms with Crippen LogP contribution in [0.3, 0.4) is 0 Å². The van der Waals surface area contributed by atoms with E-state index in [4.69, 9.17) is 15.2 Å². The van der Waals surface area contributed by atoms with E-state index < -0.39 is 4.92 Å². The number of carbonyl (C=O) groups excluding carboxylic acids is 1. The van der Waals surface area contributed by atoms with Gasteiger partial charge in [0, 0.05) is 37.9 Å². The van der Waals surface area contributed by atoms with Crippen LogP contribution >= 0.6 is 12.4 Å². The number of piperidine rings is 1. The molecule has 1 aliphatic rings. The van der Waals surface area contributed by atoms with Crippen LogP contribution in [0, 0.1) is 10.1 Å². The summed E-state index contributed by atoms with van der Waals surface area (Å²) in [7, 11) is 2.99. The maximum Gasteiger partial charge on any atom is 0.311 e. The molecule has 2 atom stereocenters. The Bertz CT molecular complexity index is 598. The molecule has 1 aliphatic heterocycles. The van der Waals surface area contributed by atoms with E-state index in [-0.39, 0.29) is 47.5 Å². The topological polar surface area (TPSA) is 108 Å². The highest BCUT2D eigenvalue weighted by molar-refractivity contribution is 5.95. The monoisotopic (exact) mass is 359 g/mol. The van der Waals surface area contributed by atoms with Crippen LogP contribution in [0.4, 0.5) is 5.69 Å². The van der Waals surface area contributed by atoms with E-state index >= 15 is 0 Å². The van der Waals surface area contributed by atoms with Crippen LogP contribution in [0.15, 0.2) is 18.2 Å². The molecule has 1 amide bonds. The third kappa shape index (κ3) is 4.14. The fraction of sp³-hybridized carbons (Fsp3) is 0.533. The number of nitrogens with zero attached hydrogens (tertiary/aromatic N) is 2. The zero-order valence-electron chi connectivity index (χ0n) is 13.6. The number of ether oxygens (including phenoxy) is 2. The molecule has 0 spiro atoms. The van der Waals surface area contributed by atoms with Gasteiger partial charge in [0.25, 0.3) is 5.91 Å². The summed E-state index contributed by atoms with van der Waals surface area (Å²) < 4.78 is 10.3. The number of nitrogens with two attached hydrogens (primary N) is 1. The lowest BCUT2D eigenvalue weighted by molar-refractivity contribution is -0.385. The number of methoxy groups -OCH3 is 2. The first-order chi connectivity index (χ1) is 11.0. The Kier molecular flexibility index (Phi) is 7.40. The van der Waals surface area contributed by atoms with Gasteiger partial charge in [-0.1, -0.05) is 0 Å².